The second-order valence-corrected chi connectivity index (χ2v) is 4.04. The maximum atomic E-state index is 10.6. The molecule has 0 radical (unpaired) electrons. The number of aromatic nitrogens is 2. The summed E-state index contributed by atoms with van der Waals surface area (Å²) in [6, 6.07) is 0. The predicted molar refractivity (Wildman–Crippen MR) is 68.5 cm³/mol. The number of hydrogen-bond donors (Lipinski definition) is 3. The number of nitrogen functional groups attached to an aromatic ring is 1. The maximum absolute atomic E-state index is 10.6. The molecule has 0 saturated carbocycles. The lowest BCUT2D eigenvalue weighted by Gasteiger charge is -2.07. The highest BCUT2D eigenvalue weighted by Gasteiger charge is 2.10. The third-order valence-corrected chi connectivity index (χ3v) is 2.64. The quantitative estimate of drug-likeness (QED) is 0.608. The molecule has 0 aliphatic heterocycles. The van der Waals surface area contributed by atoms with E-state index in [-0.39, 0.29) is 5.91 Å². The van der Waals surface area contributed by atoms with Crippen molar-refractivity contribution < 1.29 is 4.79 Å². The topological polar surface area (TPSA) is 99.0 Å². The molecule has 0 saturated heterocycles. The Kier molecular flexibility index (Phi) is 4.81. The highest BCUT2D eigenvalue weighted by molar-refractivity contribution is 5.73. The normalized spacial score (nSPS) is 10.5. The Balaban J connectivity index is 2.41. The van der Waals surface area contributed by atoms with Crippen LogP contribution in [0.3, 0.4) is 0 Å². The SMILES string of the molecule is CCc1nn(C)c(NCCCCC(N)=O)c1N. The van der Waals surface area contributed by atoms with E-state index in [2.05, 4.69) is 10.4 Å². The number of anilines is 2. The molecule has 1 rings (SSSR count). The number of hydrogen-bond acceptors (Lipinski definition) is 4. The summed E-state index contributed by atoms with van der Waals surface area (Å²) in [4.78, 5) is 10.6. The third kappa shape index (κ3) is 3.65. The highest BCUT2D eigenvalue weighted by atomic mass is 16.1. The fourth-order valence-electron chi connectivity index (χ4n) is 1.70. The number of carbonyl (C=O) groups is 1. The van der Waals surface area contributed by atoms with Crippen LogP contribution < -0.4 is 16.8 Å². The lowest BCUT2D eigenvalue weighted by atomic mass is 10.2. The van der Waals surface area contributed by atoms with Gasteiger partial charge in [0.05, 0.1) is 11.4 Å². The van der Waals surface area contributed by atoms with E-state index in [9.17, 15) is 4.79 Å². The fraction of sp³-hybridized carbons (Fsp3) is 0.636. The third-order valence-electron chi connectivity index (χ3n) is 2.64. The minimum atomic E-state index is -0.252. The molecule has 1 heterocycles. The van der Waals surface area contributed by atoms with Gasteiger partial charge >= 0.3 is 0 Å². The van der Waals surface area contributed by atoms with Crippen LogP contribution in [0.4, 0.5) is 11.5 Å². The molecule has 0 atom stereocenters. The summed E-state index contributed by atoms with van der Waals surface area (Å²) in [5.74, 6) is 0.597. The molecule has 0 aliphatic rings. The van der Waals surface area contributed by atoms with Gasteiger partial charge in [-0.05, 0) is 19.3 Å². The second kappa shape index (κ2) is 6.12. The highest BCUT2D eigenvalue weighted by Crippen LogP contribution is 2.22. The lowest BCUT2D eigenvalue weighted by molar-refractivity contribution is -0.118. The zero-order chi connectivity index (χ0) is 12.8. The molecule has 6 heteroatoms. The van der Waals surface area contributed by atoms with Crippen LogP contribution in [0.15, 0.2) is 0 Å². The summed E-state index contributed by atoms with van der Waals surface area (Å²) in [6.45, 7) is 2.79. The van der Waals surface area contributed by atoms with E-state index in [0.717, 1.165) is 37.3 Å². The first kappa shape index (κ1) is 13.3. The van der Waals surface area contributed by atoms with Crippen LogP contribution in [0.1, 0.15) is 31.9 Å². The monoisotopic (exact) mass is 239 g/mol. The zero-order valence-electron chi connectivity index (χ0n) is 10.5. The van der Waals surface area contributed by atoms with Crippen molar-refractivity contribution in [2.45, 2.75) is 32.6 Å². The first-order valence-corrected chi connectivity index (χ1v) is 5.89. The fourth-order valence-corrected chi connectivity index (χ4v) is 1.70. The summed E-state index contributed by atoms with van der Waals surface area (Å²) >= 11 is 0. The van der Waals surface area contributed by atoms with E-state index in [1.165, 1.54) is 0 Å². The smallest absolute Gasteiger partial charge is 0.217 e. The van der Waals surface area contributed by atoms with E-state index in [0.29, 0.717) is 12.1 Å². The first-order valence-electron chi connectivity index (χ1n) is 5.89. The van der Waals surface area contributed by atoms with E-state index < -0.39 is 0 Å². The van der Waals surface area contributed by atoms with Crippen molar-refractivity contribution in [3.63, 3.8) is 0 Å². The molecule has 0 aliphatic carbocycles. The molecule has 0 unspecified atom stereocenters. The van der Waals surface area contributed by atoms with Crippen molar-refractivity contribution >= 4 is 17.4 Å². The number of nitrogens with zero attached hydrogens (tertiary/aromatic N) is 2. The minimum absolute atomic E-state index is 0.252. The van der Waals surface area contributed by atoms with Crippen molar-refractivity contribution in [3.05, 3.63) is 5.69 Å². The van der Waals surface area contributed by atoms with Crippen molar-refractivity contribution in [2.24, 2.45) is 12.8 Å². The molecule has 17 heavy (non-hydrogen) atoms. The Morgan fingerprint density at radius 1 is 1.47 bits per heavy atom. The number of unbranched alkanes of at least 4 members (excludes halogenated alkanes) is 1. The Morgan fingerprint density at radius 2 is 2.18 bits per heavy atom. The Morgan fingerprint density at radius 3 is 2.71 bits per heavy atom. The van der Waals surface area contributed by atoms with Crippen LogP contribution in [-0.2, 0) is 18.3 Å². The van der Waals surface area contributed by atoms with Gasteiger partial charge in [0, 0.05) is 20.0 Å². The van der Waals surface area contributed by atoms with Crippen LogP contribution in [0, 0.1) is 0 Å². The van der Waals surface area contributed by atoms with Gasteiger partial charge in [0.25, 0.3) is 0 Å². The summed E-state index contributed by atoms with van der Waals surface area (Å²) in [6.07, 6.45) is 2.93. The molecule has 0 aromatic carbocycles. The van der Waals surface area contributed by atoms with Crippen molar-refractivity contribution in [3.8, 4) is 0 Å². The second-order valence-electron chi connectivity index (χ2n) is 4.04. The van der Waals surface area contributed by atoms with Gasteiger partial charge in [-0.15, -0.1) is 0 Å². The number of primary amides is 1. The van der Waals surface area contributed by atoms with Crippen molar-refractivity contribution in [2.75, 3.05) is 17.6 Å². The van der Waals surface area contributed by atoms with E-state index in [1.54, 1.807) is 4.68 Å². The Labute approximate surface area is 101 Å². The molecule has 0 fully saturated rings. The maximum Gasteiger partial charge on any atom is 0.217 e. The number of aryl methyl sites for hydroxylation is 2. The number of amides is 1. The number of rotatable bonds is 7. The van der Waals surface area contributed by atoms with Crippen LogP contribution in [-0.4, -0.2) is 22.2 Å². The molecular formula is C11H21N5O. The van der Waals surface area contributed by atoms with E-state index in [1.807, 2.05) is 14.0 Å². The van der Waals surface area contributed by atoms with Crippen LogP contribution in [0.25, 0.3) is 0 Å². The summed E-state index contributed by atoms with van der Waals surface area (Å²) < 4.78 is 1.75. The van der Waals surface area contributed by atoms with Gasteiger partial charge in [-0.2, -0.15) is 5.10 Å². The molecule has 5 N–H and O–H groups in total. The average Bonchev–Trinajstić information content (AvgIpc) is 2.54. The van der Waals surface area contributed by atoms with Crippen molar-refractivity contribution in [1.82, 2.24) is 9.78 Å². The van der Waals surface area contributed by atoms with Gasteiger partial charge in [-0.1, -0.05) is 6.92 Å². The Hall–Kier alpha value is -1.72. The predicted octanol–water partition coefficient (Wildman–Crippen LogP) is 0.632. The van der Waals surface area contributed by atoms with Crippen molar-refractivity contribution in [1.29, 1.82) is 0 Å². The summed E-state index contributed by atoms with van der Waals surface area (Å²) in [7, 11) is 1.86. The molecule has 1 amide bonds. The molecule has 0 bridgehead atoms. The molecular weight excluding hydrogens is 218 g/mol. The number of nitrogens with one attached hydrogen (secondary N) is 1. The molecule has 6 nitrogen and oxygen atoms in total. The van der Waals surface area contributed by atoms with E-state index >= 15 is 0 Å². The summed E-state index contributed by atoms with van der Waals surface area (Å²) in [5.41, 5.74) is 12.6. The minimum Gasteiger partial charge on any atom is -0.394 e. The average molecular weight is 239 g/mol. The molecule has 0 spiro atoms. The van der Waals surface area contributed by atoms with Gasteiger partial charge in [0.1, 0.15) is 5.82 Å². The van der Waals surface area contributed by atoms with E-state index in [4.69, 9.17) is 11.5 Å². The van der Waals surface area contributed by atoms with Gasteiger partial charge in [0.2, 0.25) is 5.91 Å². The number of nitrogens with two attached hydrogens (primary N) is 2. The summed E-state index contributed by atoms with van der Waals surface area (Å²) in [5, 5.41) is 7.54. The Bertz CT molecular complexity index is 385. The van der Waals surface area contributed by atoms with Crippen LogP contribution in [0.5, 0.6) is 0 Å². The number of carbonyl (C=O) groups excluding carboxylic acids is 1. The van der Waals surface area contributed by atoms with Crippen LogP contribution in [0.2, 0.25) is 0 Å². The standard InChI is InChI=1S/C11H21N5O/c1-3-8-10(13)11(16(2)15-8)14-7-5-4-6-9(12)17/h14H,3-7,13H2,1-2H3,(H2,12,17). The van der Waals surface area contributed by atoms with Gasteiger partial charge in [0.15, 0.2) is 0 Å². The van der Waals surface area contributed by atoms with Gasteiger partial charge < -0.3 is 16.8 Å². The zero-order valence-corrected chi connectivity index (χ0v) is 10.5. The largest absolute Gasteiger partial charge is 0.394 e. The van der Waals surface area contributed by atoms with Gasteiger partial charge in [-0.25, -0.2) is 0 Å². The molecule has 96 valence electrons. The lowest BCUT2D eigenvalue weighted by Crippen LogP contribution is -2.12. The van der Waals surface area contributed by atoms with Gasteiger partial charge in [-0.3, -0.25) is 9.48 Å². The molecule has 1 aromatic heterocycles. The molecule has 1 aromatic rings. The van der Waals surface area contributed by atoms with Crippen LogP contribution >= 0.6 is 0 Å². The first-order chi connectivity index (χ1) is 8.06.